The van der Waals surface area contributed by atoms with Gasteiger partial charge in [0, 0.05) is 11.8 Å². The summed E-state index contributed by atoms with van der Waals surface area (Å²) >= 11 is 0. The number of nitrogens with zero attached hydrogens (tertiary/aromatic N) is 4. The summed E-state index contributed by atoms with van der Waals surface area (Å²) in [4.78, 5) is 45.7. The first kappa shape index (κ1) is 18.1. The molecular formula is C13H15N5O7P-. The topological polar surface area (TPSA) is 164 Å². The third-order valence-corrected chi connectivity index (χ3v) is 4.56. The summed E-state index contributed by atoms with van der Waals surface area (Å²) in [7, 11) is -3.33. The predicted molar refractivity (Wildman–Crippen MR) is 84.3 cm³/mol. The van der Waals surface area contributed by atoms with Crippen molar-refractivity contribution in [2.45, 2.75) is 26.1 Å². The summed E-state index contributed by atoms with van der Waals surface area (Å²) in [6, 6.07) is 0. The van der Waals surface area contributed by atoms with Crippen LogP contribution in [0.4, 0.5) is 0 Å². The van der Waals surface area contributed by atoms with Gasteiger partial charge in [-0.2, -0.15) is 0 Å². The number of hydrogen-bond acceptors (Lipinski definition) is 8. The number of rotatable bonds is 5. The van der Waals surface area contributed by atoms with Crippen molar-refractivity contribution in [2.75, 3.05) is 7.11 Å². The van der Waals surface area contributed by atoms with Crippen molar-refractivity contribution in [3.63, 3.8) is 0 Å². The molecule has 0 aliphatic carbocycles. The van der Waals surface area contributed by atoms with E-state index in [1.807, 2.05) is 0 Å². The number of allylic oxidation sites excluding steroid dienone is 1. The summed E-state index contributed by atoms with van der Waals surface area (Å²) in [5.74, 6) is 0.737. The fourth-order valence-corrected chi connectivity index (χ4v) is 2.90. The van der Waals surface area contributed by atoms with Crippen molar-refractivity contribution in [1.82, 2.24) is 24.5 Å². The Hall–Kier alpha value is -2.69. The molecule has 3 rings (SSSR count). The standard InChI is InChI=1S/C13H16N5O7P/c1-7-4-18(13(20)14-12(7)19)11-3-8(24-2)9(25-11)5-17-6-10(15-16-17)26(21,22)23/h4,6,11H,3,5H2,1-2H3,(H,14,19,20)(H2,21,22,23)/p-1. The van der Waals surface area contributed by atoms with Crippen LogP contribution in [0.25, 0.3) is 0 Å². The minimum Gasteiger partial charge on any atom is -0.774 e. The van der Waals surface area contributed by atoms with Crippen molar-refractivity contribution in [2.24, 2.45) is 0 Å². The number of aryl methyl sites for hydroxylation is 1. The minimum atomic E-state index is -4.75. The van der Waals surface area contributed by atoms with E-state index in [1.165, 1.54) is 17.9 Å². The Morgan fingerprint density at radius 2 is 2.23 bits per heavy atom. The first-order valence-electron chi connectivity index (χ1n) is 7.38. The van der Waals surface area contributed by atoms with Crippen LogP contribution in [0.2, 0.25) is 0 Å². The fourth-order valence-electron chi connectivity index (χ4n) is 2.46. The summed E-state index contributed by atoms with van der Waals surface area (Å²) in [5, 5.41) is 6.97. The molecular weight excluding hydrogens is 369 g/mol. The second-order valence-corrected chi connectivity index (χ2v) is 7.10. The van der Waals surface area contributed by atoms with Gasteiger partial charge in [0.25, 0.3) is 5.56 Å². The normalized spacial score (nSPS) is 19.3. The maximum atomic E-state index is 12.0. The number of hydrogen-bond donors (Lipinski definition) is 2. The zero-order valence-electron chi connectivity index (χ0n) is 13.8. The lowest BCUT2D eigenvalue weighted by atomic mass is 10.3. The van der Waals surface area contributed by atoms with Crippen LogP contribution < -0.4 is 21.6 Å². The number of nitrogens with one attached hydrogen (secondary N) is 1. The number of H-pyrrole nitrogens is 1. The monoisotopic (exact) mass is 384 g/mol. The number of methoxy groups -OCH3 is 1. The van der Waals surface area contributed by atoms with Gasteiger partial charge in [0.1, 0.15) is 12.3 Å². The van der Waals surface area contributed by atoms with Crippen molar-refractivity contribution in [1.29, 1.82) is 0 Å². The third-order valence-electron chi connectivity index (χ3n) is 3.77. The Labute approximate surface area is 145 Å². The Morgan fingerprint density at radius 3 is 2.85 bits per heavy atom. The van der Waals surface area contributed by atoms with Gasteiger partial charge in [-0.25, -0.2) is 9.48 Å². The van der Waals surface area contributed by atoms with Crippen LogP contribution in [0.3, 0.4) is 0 Å². The summed E-state index contributed by atoms with van der Waals surface area (Å²) < 4.78 is 24.4. The zero-order valence-corrected chi connectivity index (χ0v) is 14.7. The molecule has 0 fully saturated rings. The van der Waals surface area contributed by atoms with E-state index in [1.54, 1.807) is 6.92 Å². The van der Waals surface area contributed by atoms with Crippen molar-refractivity contribution < 1.29 is 23.8 Å². The molecule has 2 atom stereocenters. The average molecular weight is 384 g/mol. The number of aromatic amines is 1. The molecule has 0 radical (unpaired) electrons. The van der Waals surface area contributed by atoms with Crippen LogP contribution in [0, 0.1) is 6.92 Å². The van der Waals surface area contributed by atoms with E-state index in [-0.39, 0.29) is 13.0 Å². The smallest absolute Gasteiger partial charge is 0.331 e. The van der Waals surface area contributed by atoms with E-state index in [9.17, 15) is 19.0 Å². The molecule has 2 unspecified atom stereocenters. The maximum Gasteiger partial charge on any atom is 0.331 e. The van der Waals surface area contributed by atoms with Crippen LogP contribution in [0.15, 0.2) is 33.5 Å². The van der Waals surface area contributed by atoms with Crippen LogP contribution in [-0.2, 0) is 20.6 Å². The summed E-state index contributed by atoms with van der Waals surface area (Å²) in [6.45, 7) is 1.53. The molecule has 0 saturated heterocycles. The highest BCUT2D eigenvalue weighted by molar-refractivity contribution is 7.58. The molecule has 0 saturated carbocycles. The molecule has 0 bridgehead atoms. The van der Waals surface area contributed by atoms with Crippen LogP contribution in [-0.4, -0.2) is 36.5 Å². The van der Waals surface area contributed by atoms with E-state index in [0.29, 0.717) is 17.1 Å². The molecule has 140 valence electrons. The molecule has 2 N–H and O–H groups in total. The summed E-state index contributed by atoms with van der Waals surface area (Å²) in [6.07, 6.45) is 1.91. The van der Waals surface area contributed by atoms with E-state index < -0.39 is 30.5 Å². The highest BCUT2D eigenvalue weighted by Gasteiger charge is 2.29. The van der Waals surface area contributed by atoms with Gasteiger partial charge in [0.15, 0.2) is 25.0 Å². The number of ether oxygens (including phenoxy) is 2. The Kier molecular flexibility index (Phi) is 4.57. The first-order chi connectivity index (χ1) is 12.2. The second-order valence-electron chi connectivity index (χ2n) is 5.60. The second kappa shape index (κ2) is 6.56. The minimum absolute atomic E-state index is 0.0240. The molecule has 13 heteroatoms. The van der Waals surface area contributed by atoms with Gasteiger partial charge in [-0.3, -0.25) is 14.3 Å². The molecule has 1 aliphatic heterocycles. The van der Waals surface area contributed by atoms with Gasteiger partial charge in [-0.1, -0.05) is 5.21 Å². The zero-order chi connectivity index (χ0) is 19.1. The van der Waals surface area contributed by atoms with Crippen LogP contribution in [0.5, 0.6) is 0 Å². The van der Waals surface area contributed by atoms with Gasteiger partial charge in [-0.05, 0) is 6.92 Å². The largest absolute Gasteiger partial charge is 0.774 e. The van der Waals surface area contributed by atoms with Gasteiger partial charge >= 0.3 is 5.69 Å². The molecule has 0 spiro atoms. The van der Waals surface area contributed by atoms with E-state index in [4.69, 9.17) is 14.4 Å². The van der Waals surface area contributed by atoms with E-state index in [2.05, 4.69) is 15.3 Å². The van der Waals surface area contributed by atoms with Gasteiger partial charge in [0.2, 0.25) is 0 Å². The lowest BCUT2D eigenvalue weighted by Crippen LogP contribution is -2.33. The Bertz CT molecular complexity index is 1030. The van der Waals surface area contributed by atoms with Gasteiger partial charge in [0.05, 0.1) is 19.7 Å². The molecule has 2 aromatic heterocycles. The SMILES string of the molecule is COC1=C(Cn2cc(P(=O)([O-])O)nn2)OC(n2cc(C)c(=O)[nH]c2=O)C1. The lowest BCUT2D eigenvalue weighted by Gasteiger charge is -2.15. The lowest BCUT2D eigenvalue weighted by molar-refractivity contribution is -0.189. The third kappa shape index (κ3) is 3.47. The van der Waals surface area contributed by atoms with Crippen molar-refractivity contribution in [3.8, 4) is 0 Å². The van der Waals surface area contributed by atoms with E-state index >= 15 is 0 Å². The Morgan fingerprint density at radius 1 is 1.50 bits per heavy atom. The van der Waals surface area contributed by atoms with Gasteiger partial charge in [-0.15, -0.1) is 5.10 Å². The van der Waals surface area contributed by atoms with Gasteiger partial charge < -0.3 is 23.8 Å². The molecule has 26 heavy (non-hydrogen) atoms. The van der Waals surface area contributed by atoms with Crippen LogP contribution in [0.1, 0.15) is 18.2 Å². The number of aromatic nitrogens is 5. The quantitative estimate of drug-likeness (QED) is 0.559. The molecule has 0 aromatic carbocycles. The highest BCUT2D eigenvalue weighted by Crippen LogP contribution is 2.32. The predicted octanol–water partition coefficient (Wildman–Crippen LogP) is -1.92. The maximum absolute atomic E-state index is 12.0. The van der Waals surface area contributed by atoms with Crippen molar-refractivity contribution in [3.05, 3.63) is 50.3 Å². The molecule has 2 aromatic rings. The summed E-state index contributed by atoms with van der Waals surface area (Å²) in [5.41, 5.74) is -1.33. The van der Waals surface area contributed by atoms with Crippen molar-refractivity contribution >= 4 is 13.0 Å². The van der Waals surface area contributed by atoms with Crippen LogP contribution >= 0.6 is 7.60 Å². The fraction of sp³-hybridized carbons (Fsp3) is 0.385. The average Bonchev–Trinajstić information content (AvgIpc) is 3.18. The molecule has 1 aliphatic rings. The molecule has 12 nitrogen and oxygen atoms in total. The molecule has 3 heterocycles. The first-order valence-corrected chi connectivity index (χ1v) is 8.96. The molecule has 0 amide bonds. The van der Waals surface area contributed by atoms with E-state index in [0.717, 1.165) is 10.9 Å². The highest BCUT2D eigenvalue weighted by atomic mass is 31.2. The Balaban J connectivity index is 1.84.